The highest BCUT2D eigenvalue weighted by Crippen LogP contribution is 2.16. The highest BCUT2D eigenvalue weighted by atomic mass is 16.6. The first-order valence-electron chi connectivity index (χ1n) is 6.76. The van der Waals surface area contributed by atoms with Crippen molar-refractivity contribution in [3.05, 3.63) is 54.0 Å². The van der Waals surface area contributed by atoms with Gasteiger partial charge in [-0.2, -0.15) is 0 Å². The minimum atomic E-state index is -1.84. The van der Waals surface area contributed by atoms with Crippen molar-refractivity contribution in [2.24, 2.45) is 5.73 Å². The number of nitrogens with zero attached hydrogens (tertiary/aromatic N) is 3. The summed E-state index contributed by atoms with van der Waals surface area (Å²) in [4.78, 5) is 19.5. The molecule has 0 radical (unpaired) electrons. The first kappa shape index (κ1) is 15.0. The average Bonchev–Trinajstić information content (AvgIpc) is 2.91. The van der Waals surface area contributed by atoms with Crippen molar-refractivity contribution >= 4 is 24.4 Å². The Morgan fingerprint density at radius 3 is 2.65 bits per heavy atom. The summed E-state index contributed by atoms with van der Waals surface area (Å²) < 4.78 is 6.63. The number of primary amides is 1. The third-order valence-corrected chi connectivity index (χ3v) is 3.23. The topological polar surface area (TPSA) is 123 Å². The fourth-order valence-corrected chi connectivity index (χ4v) is 2.20. The number of hydrogen-bond donors (Lipinski definition) is 3. The summed E-state index contributed by atoms with van der Waals surface area (Å²) in [6.45, 7) is 0.538. The second kappa shape index (κ2) is 6.07. The highest BCUT2D eigenvalue weighted by molar-refractivity contribution is 6.33. The fourth-order valence-electron chi connectivity index (χ4n) is 2.20. The predicted molar refractivity (Wildman–Crippen MR) is 82.4 cm³/mol. The lowest BCUT2D eigenvalue weighted by Gasteiger charge is -2.07. The number of rotatable bonds is 5. The van der Waals surface area contributed by atoms with Gasteiger partial charge < -0.3 is 25.0 Å². The predicted octanol–water partition coefficient (Wildman–Crippen LogP) is -0.0732. The molecule has 9 heteroatoms. The Morgan fingerprint density at radius 2 is 2.00 bits per heavy atom. The van der Waals surface area contributed by atoms with Gasteiger partial charge in [-0.15, -0.1) is 0 Å². The molecule has 0 saturated heterocycles. The Kier molecular flexibility index (Phi) is 3.96. The molecular formula is C14H13BN4O4. The van der Waals surface area contributed by atoms with E-state index in [2.05, 4.69) is 9.97 Å². The number of hydrogen-bond acceptors (Lipinski definition) is 6. The summed E-state index contributed by atoms with van der Waals surface area (Å²) in [5.74, 6) is -0.263. The van der Waals surface area contributed by atoms with Crippen LogP contribution < -0.4 is 10.4 Å². The van der Waals surface area contributed by atoms with E-state index in [9.17, 15) is 4.79 Å². The molecule has 0 atom stereocenters. The van der Waals surface area contributed by atoms with Gasteiger partial charge >= 0.3 is 7.32 Å². The van der Waals surface area contributed by atoms with E-state index < -0.39 is 13.2 Å². The molecule has 8 nitrogen and oxygen atoms in total. The van der Waals surface area contributed by atoms with E-state index in [1.54, 1.807) is 30.3 Å². The summed E-state index contributed by atoms with van der Waals surface area (Å²) in [5, 5.41) is 17.5. The number of carbonyl (C=O) groups excluding carboxylic acids is 1. The molecule has 23 heavy (non-hydrogen) atoms. The van der Waals surface area contributed by atoms with E-state index in [1.165, 1.54) is 6.20 Å². The van der Waals surface area contributed by atoms with Crippen LogP contribution in [0.25, 0.3) is 11.2 Å². The molecule has 116 valence electrons. The van der Waals surface area contributed by atoms with Crippen LogP contribution in [0.5, 0.6) is 5.75 Å². The Bertz CT molecular complexity index is 848. The summed E-state index contributed by atoms with van der Waals surface area (Å²) in [6, 6.07) is 8.63. The Balaban J connectivity index is 1.82. The lowest BCUT2D eigenvalue weighted by Crippen LogP contribution is -2.20. The minimum Gasteiger partial charge on any atom is -0.512 e. The number of carbonyl (C=O) groups is 1. The molecular weight excluding hydrogens is 299 g/mol. The van der Waals surface area contributed by atoms with E-state index in [4.69, 9.17) is 20.4 Å². The van der Waals surface area contributed by atoms with Gasteiger partial charge in [0.05, 0.1) is 6.20 Å². The third-order valence-electron chi connectivity index (χ3n) is 3.23. The highest BCUT2D eigenvalue weighted by Gasteiger charge is 2.11. The van der Waals surface area contributed by atoms with Crippen molar-refractivity contribution in [1.29, 1.82) is 0 Å². The van der Waals surface area contributed by atoms with Crippen molar-refractivity contribution in [2.45, 2.75) is 6.54 Å². The number of amides is 1. The quantitative estimate of drug-likeness (QED) is 0.566. The zero-order valence-corrected chi connectivity index (χ0v) is 12.0. The molecule has 1 amide bonds. The molecule has 4 N–H and O–H groups in total. The van der Waals surface area contributed by atoms with Crippen LogP contribution in [0.15, 0.2) is 42.7 Å². The molecule has 0 spiro atoms. The van der Waals surface area contributed by atoms with Gasteiger partial charge in [0.2, 0.25) is 0 Å². The van der Waals surface area contributed by atoms with Gasteiger partial charge in [0.25, 0.3) is 5.91 Å². The zero-order valence-electron chi connectivity index (χ0n) is 12.0. The van der Waals surface area contributed by atoms with Gasteiger partial charge in [0.1, 0.15) is 17.0 Å². The maximum absolute atomic E-state index is 11.1. The van der Waals surface area contributed by atoms with Crippen LogP contribution in [0.1, 0.15) is 16.1 Å². The fraction of sp³-hybridized carbons (Fsp3) is 0.0714. The lowest BCUT2D eigenvalue weighted by atomic mass is 10.2. The molecule has 0 aliphatic carbocycles. The van der Waals surface area contributed by atoms with Gasteiger partial charge in [0, 0.05) is 12.7 Å². The molecule has 3 rings (SSSR count). The largest absolute Gasteiger partial charge is 0.707 e. The van der Waals surface area contributed by atoms with E-state index in [0.717, 1.165) is 5.56 Å². The number of aromatic nitrogens is 3. The number of nitrogens with two attached hydrogens (primary N) is 1. The molecule has 0 saturated carbocycles. The third kappa shape index (κ3) is 3.30. The smallest absolute Gasteiger partial charge is 0.512 e. The lowest BCUT2D eigenvalue weighted by molar-refractivity contribution is 0.0995. The first-order valence-corrected chi connectivity index (χ1v) is 6.76. The second-order valence-corrected chi connectivity index (χ2v) is 4.86. The Morgan fingerprint density at radius 1 is 1.26 bits per heavy atom. The molecule has 1 aromatic carbocycles. The van der Waals surface area contributed by atoms with Crippen LogP contribution in [0.2, 0.25) is 0 Å². The van der Waals surface area contributed by atoms with Crippen LogP contribution in [-0.2, 0) is 6.54 Å². The molecule has 0 aliphatic heterocycles. The summed E-state index contributed by atoms with van der Waals surface area (Å²) >= 11 is 0. The van der Waals surface area contributed by atoms with Crippen molar-refractivity contribution in [1.82, 2.24) is 14.5 Å². The molecule has 2 heterocycles. The molecule has 0 bridgehead atoms. The van der Waals surface area contributed by atoms with E-state index >= 15 is 0 Å². The van der Waals surface area contributed by atoms with Crippen LogP contribution >= 0.6 is 0 Å². The summed E-state index contributed by atoms with van der Waals surface area (Å²) in [7, 11) is -1.84. The summed E-state index contributed by atoms with van der Waals surface area (Å²) in [5.41, 5.74) is 7.50. The monoisotopic (exact) mass is 312 g/mol. The van der Waals surface area contributed by atoms with E-state index in [0.29, 0.717) is 23.5 Å². The van der Waals surface area contributed by atoms with Gasteiger partial charge in [-0.3, -0.25) is 4.79 Å². The average molecular weight is 312 g/mol. The first-order chi connectivity index (χ1) is 11.0. The number of fused-ring (bicyclic) bond motifs is 1. The zero-order chi connectivity index (χ0) is 16.4. The standard InChI is InChI=1S/C14H13BN4O4/c16-13(20)12-7-17-14-11(18-12)5-6-19(14)8-9-1-3-10(4-2-9)23-15(21)22/h1-7,21-22H,8H2,(H2,16,20). The normalized spacial score (nSPS) is 10.7. The van der Waals surface area contributed by atoms with Crippen LogP contribution in [0, 0.1) is 0 Å². The van der Waals surface area contributed by atoms with Crippen LogP contribution in [0.4, 0.5) is 0 Å². The molecule has 3 aromatic rings. The van der Waals surface area contributed by atoms with Crippen LogP contribution in [0.3, 0.4) is 0 Å². The SMILES string of the molecule is NC(=O)c1cnc2c(ccn2Cc2ccc(OB(O)O)cc2)n1. The van der Waals surface area contributed by atoms with Crippen LogP contribution in [-0.4, -0.2) is 37.8 Å². The molecule has 0 fully saturated rings. The van der Waals surface area contributed by atoms with Crippen molar-refractivity contribution in [3.63, 3.8) is 0 Å². The minimum absolute atomic E-state index is 0.124. The maximum Gasteiger partial charge on any atom is 0.707 e. The Labute approximate surface area is 131 Å². The number of benzene rings is 1. The maximum atomic E-state index is 11.1. The summed E-state index contributed by atoms with van der Waals surface area (Å²) in [6.07, 6.45) is 3.16. The van der Waals surface area contributed by atoms with E-state index in [-0.39, 0.29) is 5.69 Å². The molecule has 2 aromatic heterocycles. The van der Waals surface area contributed by atoms with Gasteiger partial charge in [-0.25, -0.2) is 9.97 Å². The van der Waals surface area contributed by atoms with E-state index in [1.807, 2.05) is 10.8 Å². The van der Waals surface area contributed by atoms with Crippen molar-refractivity contribution in [3.8, 4) is 5.75 Å². The van der Waals surface area contributed by atoms with Gasteiger partial charge in [-0.1, -0.05) is 12.1 Å². The van der Waals surface area contributed by atoms with Gasteiger partial charge in [-0.05, 0) is 23.8 Å². The molecule has 0 aliphatic rings. The van der Waals surface area contributed by atoms with Gasteiger partial charge in [0.15, 0.2) is 5.65 Å². The van der Waals surface area contributed by atoms with Crippen molar-refractivity contribution < 1.29 is 19.5 Å². The molecule has 0 unspecified atom stereocenters. The van der Waals surface area contributed by atoms with Crippen molar-refractivity contribution in [2.75, 3.05) is 0 Å². The second-order valence-electron chi connectivity index (χ2n) is 4.86. The Hall–Kier alpha value is -2.91.